The average Bonchev–Trinajstić information content (AvgIpc) is 2.90. The molecule has 3 rings (SSSR count). The van der Waals surface area contributed by atoms with Crippen LogP contribution in [0, 0.1) is 16.0 Å². The highest BCUT2D eigenvalue weighted by Crippen LogP contribution is 2.27. The third-order valence-corrected chi connectivity index (χ3v) is 6.24. The van der Waals surface area contributed by atoms with Crippen molar-refractivity contribution in [3.8, 4) is 0 Å². The van der Waals surface area contributed by atoms with Crippen LogP contribution >= 0.6 is 0 Å². The van der Waals surface area contributed by atoms with Crippen LogP contribution in [0.15, 0.2) is 84.9 Å². The molecule has 2 atom stereocenters. The number of non-ortho nitro benzene ring substituents is 1. The number of nitrogens with one attached hydrogen (secondary N) is 2. The van der Waals surface area contributed by atoms with Gasteiger partial charge in [-0.3, -0.25) is 19.7 Å². The molecule has 2 amide bonds. The molecule has 0 aliphatic rings. The highest BCUT2D eigenvalue weighted by atomic mass is 16.6. The van der Waals surface area contributed by atoms with E-state index in [2.05, 4.69) is 34.9 Å². The van der Waals surface area contributed by atoms with Gasteiger partial charge in [0.25, 0.3) is 11.6 Å². The maximum Gasteiger partial charge on any atom is 0.270 e. The summed E-state index contributed by atoms with van der Waals surface area (Å²) in [6, 6.07) is 25.1. The van der Waals surface area contributed by atoms with E-state index < -0.39 is 16.9 Å². The lowest BCUT2D eigenvalue weighted by Crippen LogP contribution is -2.50. The van der Waals surface area contributed by atoms with Gasteiger partial charge in [-0.25, -0.2) is 0 Å². The lowest BCUT2D eigenvalue weighted by molar-refractivity contribution is -0.384. The van der Waals surface area contributed by atoms with Gasteiger partial charge in [-0.1, -0.05) is 87.0 Å². The molecule has 3 aromatic carbocycles. The molecule has 0 fully saturated rings. The lowest BCUT2D eigenvalue weighted by atomic mass is 9.88. The molecule has 0 saturated carbocycles. The quantitative estimate of drug-likeness (QED) is 0.300. The number of rotatable bonds is 11. The maximum atomic E-state index is 13.1. The van der Waals surface area contributed by atoms with E-state index in [0.29, 0.717) is 19.4 Å². The van der Waals surface area contributed by atoms with Crippen molar-refractivity contribution in [1.82, 2.24) is 10.6 Å². The first-order valence-electron chi connectivity index (χ1n) is 11.8. The van der Waals surface area contributed by atoms with E-state index >= 15 is 0 Å². The van der Waals surface area contributed by atoms with Gasteiger partial charge in [0.2, 0.25) is 5.91 Å². The summed E-state index contributed by atoms with van der Waals surface area (Å²) in [7, 11) is 0. The minimum Gasteiger partial charge on any atom is -0.354 e. The van der Waals surface area contributed by atoms with Crippen LogP contribution in [0.3, 0.4) is 0 Å². The number of nitrogens with zero attached hydrogens (tertiary/aromatic N) is 1. The van der Waals surface area contributed by atoms with Gasteiger partial charge in [0.05, 0.1) is 4.92 Å². The Kier molecular flexibility index (Phi) is 9.12. The van der Waals surface area contributed by atoms with Gasteiger partial charge in [0, 0.05) is 30.2 Å². The minimum atomic E-state index is -0.751. The van der Waals surface area contributed by atoms with E-state index in [1.807, 2.05) is 50.2 Å². The molecule has 0 aliphatic carbocycles. The summed E-state index contributed by atoms with van der Waals surface area (Å²) < 4.78 is 0. The molecule has 0 bridgehead atoms. The molecule has 0 aliphatic heterocycles. The molecule has 0 spiro atoms. The SMILES string of the molecule is CCC(C)C(NC(=O)c1cccc([N+](=O)[O-])c1)C(=O)NCCC(c1ccccc1)c1ccccc1. The number of nitro benzene ring substituents is 1. The molecule has 0 aromatic heterocycles. The van der Waals surface area contributed by atoms with Crippen molar-refractivity contribution in [2.24, 2.45) is 5.92 Å². The Morgan fingerprint density at radius 3 is 2.06 bits per heavy atom. The van der Waals surface area contributed by atoms with E-state index in [1.165, 1.54) is 35.4 Å². The molecule has 0 radical (unpaired) electrons. The van der Waals surface area contributed by atoms with Crippen LogP contribution in [0.2, 0.25) is 0 Å². The molecule has 35 heavy (non-hydrogen) atoms. The number of hydrogen-bond acceptors (Lipinski definition) is 4. The zero-order valence-corrected chi connectivity index (χ0v) is 20.0. The van der Waals surface area contributed by atoms with Crippen LogP contribution in [-0.4, -0.2) is 29.3 Å². The predicted molar refractivity (Wildman–Crippen MR) is 136 cm³/mol. The molecule has 2 N–H and O–H groups in total. The molecule has 0 heterocycles. The summed E-state index contributed by atoms with van der Waals surface area (Å²) in [4.78, 5) is 36.4. The largest absolute Gasteiger partial charge is 0.354 e. The zero-order valence-electron chi connectivity index (χ0n) is 20.0. The molecule has 7 nitrogen and oxygen atoms in total. The van der Waals surface area contributed by atoms with Gasteiger partial charge in [0.15, 0.2) is 0 Å². The standard InChI is InChI=1S/C28H31N3O4/c1-3-20(2)26(30-27(32)23-15-10-16-24(19-23)31(34)35)28(33)29-18-17-25(21-11-6-4-7-12-21)22-13-8-5-9-14-22/h4-16,19-20,25-26H,3,17-18H2,1-2H3,(H,29,33)(H,30,32). The first-order valence-corrected chi connectivity index (χ1v) is 11.8. The Morgan fingerprint density at radius 2 is 1.51 bits per heavy atom. The smallest absolute Gasteiger partial charge is 0.270 e. The molecule has 2 unspecified atom stereocenters. The topological polar surface area (TPSA) is 101 Å². The zero-order chi connectivity index (χ0) is 25.2. The number of nitro groups is 1. The van der Waals surface area contributed by atoms with Crippen molar-refractivity contribution in [3.63, 3.8) is 0 Å². The normalized spacial score (nSPS) is 12.5. The molecule has 0 saturated heterocycles. The van der Waals surface area contributed by atoms with Crippen molar-refractivity contribution >= 4 is 17.5 Å². The highest BCUT2D eigenvalue weighted by Gasteiger charge is 2.27. The first-order chi connectivity index (χ1) is 16.9. The van der Waals surface area contributed by atoms with Gasteiger partial charge in [-0.15, -0.1) is 0 Å². The summed E-state index contributed by atoms with van der Waals surface area (Å²) in [5, 5.41) is 16.8. The van der Waals surface area contributed by atoms with Crippen LogP contribution in [0.25, 0.3) is 0 Å². The fraction of sp³-hybridized carbons (Fsp3) is 0.286. The number of carbonyl (C=O) groups excluding carboxylic acids is 2. The van der Waals surface area contributed by atoms with E-state index in [1.54, 1.807) is 0 Å². The summed E-state index contributed by atoms with van der Waals surface area (Å²) in [6.07, 6.45) is 1.38. The fourth-order valence-electron chi connectivity index (χ4n) is 4.03. The third-order valence-electron chi connectivity index (χ3n) is 6.24. The van der Waals surface area contributed by atoms with Crippen LogP contribution in [0.1, 0.15) is 54.1 Å². The van der Waals surface area contributed by atoms with Crippen LogP contribution < -0.4 is 10.6 Å². The van der Waals surface area contributed by atoms with Crippen LogP contribution in [0.5, 0.6) is 0 Å². The van der Waals surface area contributed by atoms with Gasteiger partial charge < -0.3 is 10.6 Å². The average molecular weight is 474 g/mol. The number of amides is 2. The van der Waals surface area contributed by atoms with Crippen LogP contribution in [0.4, 0.5) is 5.69 Å². The molecule has 182 valence electrons. The fourth-order valence-corrected chi connectivity index (χ4v) is 4.03. The van der Waals surface area contributed by atoms with Crippen molar-refractivity contribution in [2.75, 3.05) is 6.54 Å². The van der Waals surface area contributed by atoms with Crippen LogP contribution in [-0.2, 0) is 4.79 Å². The Balaban J connectivity index is 1.68. The second kappa shape index (κ2) is 12.5. The van der Waals surface area contributed by atoms with E-state index in [9.17, 15) is 19.7 Å². The van der Waals surface area contributed by atoms with Gasteiger partial charge in [0.1, 0.15) is 6.04 Å². The molecule has 7 heteroatoms. The van der Waals surface area contributed by atoms with E-state index in [4.69, 9.17) is 0 Å². The third kappa shape index (κ3) is 6.99. The number of carbonyl (C=O) groups is 2. The Hall–Kier alpha value is -4.00. The Morgan fingerprint density at radius 1 is 0.914 bits per heavy atom. The second-order valence-electron chi connectivity index (χ2n) is 8.60. The van der Waals surface area contributed by atoms with Crippen molar-refractivity contribution in [2.45, 2.75) is 38.6 Å². The monoisotopic (exact) mass is 473 g/mol. The van der Waals surface area contributed by atoms with Crippen molar-refractivity contribution < 1.29 is 14.5 Å². The molecular weight excluding hydrogens is 442 g/mol. The maximum absolute atomic E-state index is 13.1. The summed E-state index contributed by atoms with van der Waals surface area (Å²) >= 11 is 0. The highest BCUT2D eigenvalue weighted by molar-refractivity contribution is 5.98. The van der Waals surface area contributed by atoms with Crippen molar-refractivity contribution in [3.05, 3.63) is 112 Å². The summed E-state index contributed by atoms with van der Waals surface area (Å²) in [5.41, 5.74) is 2.32. The second-order valence-corrected chi connectivity index (χ2v) is 8.60. The number of benzene rings is 3. The minimum absolute atomic E-state index is 0.114. The molecular formula is C28H31N3O4. The van der Waals surface area contributed by atoms with Gasteiger partial charge in [-0.05, 0) is 29.5 Å². The van der Waals surface area contributed by atoms with Gasteiger partial charge in [-0.2, -0.15) is 0 Å². The Bertz CT molecular complexity index is 1100. The summed E-state index contributed by atoms with van der Waals surface area (Å²) in [5.74, 6) is -0.769. The first kappa shape index (κ1) is 25.6. The van der Waals surface area contributed by atoms with Crippen molar-refractivity contribution in [1.29, 1.82) is 0 Å². The Labute approximate surface area is 205 Å². The van der Waals surface area contributed by atoms with Gasteiger partial charge >= 0.3 is 0 Å². The lowest BCUT2D eigenvalue weighted by Gasteiger charge is -2.24. The summed E-state index contributed by atoms with van der Waals surface area (Å²) in [6.45, 7) is 4.28. The van der Waals surface area contributed by atoms with E-state index in [-0.39, 0.29) is 29.0 Å². The predicted octanol–water partition coefficient (Wildman–Crippen LogP) is 5.08. The van der Waals surface area contributed by atoms with E-state index in [0.717, 1.165) is 0 Å². The molecule has 3 aromatic rings. The number of hydrogen-bond donors (Lipinski definition) is 2.